The first-order valence-electron chi connectivity index (χ1n) is 9.98. The molecule has 8 heteroatoms. The summed E-state index contributed by atoms with van der Waals surface area (Å²) in [7, 11) is 0. The van der Waals surface area contributed by atoms with Crippen molar-refractivity contribution in [3.05, 3.63) is 80.7 Å². The van der Waals surface area contributed by atoms with Gasteiger partial charge < -0.3 is 20.1 Å². The first kappa shape index (κ1) is 23.8. The number of carbonyl (C=O) groups is 2. The first-order chi connectivity index (χ1) is 15.4. The summed E-state index contributed by atoms with van der Waals surface area (Å²) >= 11 is 6.77. The van der Waals surface area contributed by atoms with Crippen LogP contribution in [0.3, 0.4) is 0 Å². The van der Waals surface area contributed by atoms with Crippen LogP contribution in [0.4, 0.5) is 11.4 Å². The van der Waals surface area contributed by atoms with Crippen LogP contribution in [0, 0.1) is 0 Å². The van der Waals surface area contributed by atoms with Gasteiger partial charge in [-0.15, -0.1) is 0 Å². The van der Waals surface area contributed by atoms with E-state index in [1.807, 2.05) is 26.0 Å². The van der Waals surface area contributed by atoms with E-state index in [0.717, 1.165) is 8.95 Å². The quantitative estimate of drug-likeness (QED) is 0.328. The first-order valence-corrected chi connectivity index (χ1v) is 11.6. The maximum absolute atomic E-state index is 12.7. The van der Waals surface area contributed by atoms with Gasteiger partial charge in [0.05, 0.1) is 24.3 Å². The molecular weight excluding hydrogens is 540 g/mol. The van der Waals surface area contributed by atoms with E-state index in [-0.39, 0.29) is 11.8 Å². The molecule has 0 aromatic heterocycles. The van der Waals surface area contributed by atoms with Gasteiger partial charge in [0.15, 0.2) is 0 Å². The van der Waals surface area contributed by atoms with E-state index in [1.54, 1.807) is 48.5 Å². The Morgan fingerprint density at radius 1 is 0.688 bits per heavy atom. The van der Waals surface area contributed by atoms with E-state index in [1.165, 1.54) is 0 Å². The minimum atomic E-state index is -0.290. The predicted molar refractivity (Wildman–Crippen MR) is 133 cm³/mol. The van der Waals surface area contributed by atoms with Gasteiger partial charge in [-0.3, -0.25) is 9.59 Å². The Kier molecular flexibility index (Phi) is 8.30. The number of carbonyl (C=O) groups excluding carboxylic acids is 2. The lowest BCUT2D eigenvalue weighted by Gasteiger charge is -2.13. The lowest BCUT2D eigenvalue weighted by Crippen LogP contribution is -2.15. The molecular formula is C24H22Br2N2O4. The van der Waals surface area contributed by atoms with Gasteiger partial charge in [-0.05, 0) is 74.5 Å². The summed E-state index contributed by atoms with van der Waals surface area (Å²) in [6.45, 7) is 4.64. The van der Waals surface area contributed by atoms with E-state index in [2.05, 4.69) is 42.5 Å². The molecule has 0 aliphatic rings. The van der Waals surface area contributed by atoms with Gasteiger partial charge in [0.25, 0.3) is 11.8 Å². The average molecular weight is 562 g/mol. The molecule has 32 heavy (non-hydrogen) atoms. The van der Waals surface area contributed by atoms with Crippen molar-refractivity contribution >= 4 is 55.0 Å². The Bertz CT molecular complexity index is 1030. The number of halogens is 2. The maximum atomic E-state index is 12.7. The van der Waals surface area contributed by atoms with Crippen LogP contribution in [0.2, 0.25) is 0 Å². The second kappa shape index (κ2) is 11.2. The highest BCUT2D eigenvalue weighted by Gasteiger charge is 2.15. The van der Waals surface area contributed by atoms with Crippen molar-refractivity contribution in [2.45, 2.75) is 13.8 Å². The van der Waals surface area contributed by atoms with Gasteiger partial charge in [0.2, 0.25) is 0 Å². The summed E-state index contributed by atoms with van der Waals surface area (Å²) < 4.78 is 12.7. The number of benzene rings is 3. The lowest BCUT2D eigenvalue weighted by atomic mass is 10.1. The fourth-order valence-corrected chi connectivity index (χ4v) is 3.68. The molecule has 0 heterocycles. The third-order valence-electron chi connectivity index (χ3n) is 4.37. The molecule has 3 aromatic carbocycles. The molecule has 0 radical (unpaired) electrons. The monoisotopic (exact) mass is 560 g/mol. The van der Waals surface area contributed by atoms with Gasteiger partial charge in [0, 0.05) is 20.3 Å². The minimum Gasteiger partial charge on any atom is -0.493 e. The van der Waals surface area contributed by atoms with Gasteiger partial charge in [-0.1, -0.05) is 31.9 Å². The van der Waals surface area contributed by atoms with Gasteiger partial charge in [-0.2, -0.15) is 0 Å². The third-order valence-corrected chi connectivity index (χ3v) is 5.36. The predicted octanol–water partition coefficient (Wildman–Crippen LogP) is 6.51. The molecule has 2 N–H and O–H groups in total. The summed E-state index contributed by atoms with van der Waals surface area (Å²) in [5.74, 6) is 0.441. The number of hydrogen-bond acceptors (Lipinski definition) is 4. The van der Waals surface area contributed by atoms with Crippen molar-refractivity contribution in [1.29, 1.82) is 0 Å². The molecule has 166 valence electrons. The SMILES string of the molecule is CCOc1ccc(Br)cc1C(=O)Nc1ccc(NC(=O)c2cc(Br)ccc2OCC)cc1. The Morgan fingerprint density at radius 3 is 1.41 bits per heavy atom. The van der Waals surface area contributed by atoms with Crippen molar-refractivity contribution < 1.29 is 19.1 Å². The highest BCUT2D eigenvalue weighted by atomic mass is 79.9. The van der Waals surface area contributed by atoms with Crippen molar-refractivity contribution in [2.24, 2.45) is 0 Å². The molecule has 0 saturated carbocycles. The normalized spacial score (nSPS) is 10.4. The molecule has 0 aliphatic heterocycles. The molecule has 3 aromatic rings. The number of ether oxygens (including phenoxy) is 2. The second-order valence-electron chi connectivity index (χ2n) is 6.63. The molecule has 6 nitrogen and oxygen atoms in total. The molecule has 0 bridgehead atoms. The van der Waals surface area contributed by atoms with Crippen molar-refractivity contribution in [3.8, 4) is 11.5 Å². The molecule has 0 saturated heterocycles. The maximum Gasteiger partial charge on any atom is 0.259 e. The topological polar surface area (TPSA) is 76.7 Å². The van der Waals surface area contributed by atoms with E-state index in [9.17, 15) is 9.59 Å². The fourth-order valence-electron chi connectivity index (χ4n) is 2.96. The van der Waals surface area contributed by atoms with Gasteiger partial charge >= 0.3 is 0 Å². The lowest BCUT2D eigenvalue weighted by molar-refractivity contribution is 0.101. The Morgan fingerprint density at radius 2 is 1.06 bits per heavy atom. The molecule has 2 amide bonds. The van der Waals surface area contributed by atoms with E-state index < -0.39 is 0 Å². The van der Waals surface area contributed by atoms with E-state index in [0.29, 0.717) is 47.2 Å². The van der Waals surface area contributed by atoms with Crippen LogP contribution >= 0.6 is 31.9 Å². The Hall–Kier alpha value is -2.84. The summed E-state index contributed by atoms with van der Waals surface area (Å²) in [4.78, 5) is 25.5. The number of hydrogen-bond donors (Lipinski definition) is 2. The minimum absolute atomic E-state index is 0.290. The standard InChI is InChI=1S/C24H22Br2N2O4/c1-3-31-21-11-5-15(25)13-19(21)23(29)27-17-7-9-18(10-8-17)28-24(30)20-14-16(26)6-12-22(20)32-4-2/h5-14H,3-4H2,1-2H3,(H,27,29)(H,28,30). The molecule has 0 fully saturated rings. The largest absolute Gasteiger partial charge is 0.493 e. The third kappa shape index (κ3) is 6.11. The average Bonchev–Trinajstić information content (AvgIpc) is 2.77. The molecule has 0 spiro atoms. The fraction of sp³-hybridized carbons (Fsp3) is 0.167. The zero-order valence-corrected chi connectivity index (χ0v) is 20.7. The van der Waals surface area contributed by atoms with Crippen LogP contribution in [0.25, 0.3) is 0 Å². The summed E-state index contributed by atoms with van der Waals surface area (Å²) in [6.07, 6.45) is 0. The van der Waals surface area contributed by atoms with Crippen LogP contribution in [0.5, 0.6) is 11.5 Å². The van der Waals surface area contributed by atoms with Crippen LogP contribution in [0.1, 0.15) is 34.6 Å². The number of rotatable bonds is 8. The summed E-state index contributed by atoms with van der Waals surface area (Å²) in [5, 5.41) is 5.70. The number of amides is 2. The highest BCUT2D eigenvalue weighted by molar-refractivity contribution is 9.10. The van der Waals surface area contributed by atoms with Crippen LogP contribution in [-0.2, 0) is 0 Å². The van der Waals surface area contributed by atoms with Crippen LogP contribution in [-0.4, -0.2) is 25.0 Å². The Balaban J connectivity index is 1.71. The molecule has 3 rings (SSSR count). The van der Waals surface area contributed by atoms with Crippen LogP contribution < -0.4 is 20.1 Å². The molecule has 0 aliphatic carbocycles. The molecule has 0 unspecified atom stereocenters. The second-order valence-corrected chi connectivity index (χ2v) is 8.46. The molecule has 0 atom stereocenters. The highest BCUT2D eigenvalue weighted by Crippen LogP contribution is 2.26. The smallest absolute Gasteiger partial charge is 0.259 e. The van der Waals surface area contributed by atoms with E-state index >= 15 is 0 Å². The van der Waals surface area contributed by atoms with E-state index in [4.69, 9.17) is 9.47 Å². The number of nitrogens with one attached hydrogen (secondary N) is 2. The van der Waals surface area contributed by atoms with Gasteiger partial charge in [0.1, 0.15) is 11.5 Å². The summed E-state index contributed by atoms with van der Waals surface area (Å²) in [6, 6.07) is 17.4. The number of anilines is 2. The van der Waals surface area contributed by atoms with Crippen LogP contribution in [0.15, 0.2) is 69.6 Å². The van der Waals surface area contributed by atoms with Gasteiger partial charge in [-0.25, -0.2) is 0 Å². The van der Waals surface area contributed by atoms with Crippen molar-refractivity contribution in [2.75, 3.05) is 23.8 Å². The zero-order valence-electron chi connectivity index (χ0n) is 17.6. The zero-order chi connectivity index (χ0) is 23.1. The van der Waals surface area contributed by atoms with Crippen molar-refractivity contribution in [1.82, 2.24) is 0 Å². The summed E-state index contributed by atoms with van der Waals surface area (Å²) in [5.41, 5.74) is 2.04. The Labute approximate surface area is 203 Å². The van der Waals surface area contributed by atoms with Crippen molar-refractivity contribution in [3.63, 3.8) is 0 Å².